The van der Waals surface area contributed by atoms with Gasteiger partial charge in [0.25, 0.3) is 0 Å². The highest BCUT2D eigenvalue weighted by atomic mass is 35.5. The summed E-state index contributed by atoms with van der Waals surface area (Å²) in [6.45, 7) is 3.63. The number of nitrogens with zero attached hydrogens (tertiary/aromatic N) is 3. The van der Waals surface area contributed by atoms with Crippen LogP contribution < -0.4 is 15.7 Å². The molecule has 2 heterocycles. The molecular formula is C9H9ClN3O3-. The summed E-state index contributed by atoms with van der Waals surface area (Å²) in [5.74, 6) is 0.204. The highest BCUT2D eigenvalue weighted by molar-refractivity contribution is 6.29. The third-order valence-corrected chi connectivity index (χ3v) is 2.71. The summed E-state index contributed by atoms with van der Waals surface area (Å²) >= 11 is 5.63. The Morgan fingerprint density at radius 1 is 1.62 bits per heavy atom. The van der Waals surface area contributed by atoms with Gasteiger partial charge in [0.2, 0.25) is 0 Å². The van der Waals surface area contributed by atoms with E-state index in [9.17, 15) is 14.7 Å². The second-order valence-corrected chi connectivity index (χ2v) is 4.61. The Morgan fingerprint density at radius 3 is 2.81 bits per heavy atom. The van der Waals surface area contributed by atoms with E-state index in [1.54, 1.807) is 13.8 Å². The maximum Gasteiger partial charge on any atom is 0.350 e. The lowest BCUT2D eigenvalue weighted by Crippen LogP contribution is -2.51. The summed E-state index contributed by atoms with van der Waals surface area (Å²) in [5.41, 5.74) is -1.29. The Kier molecular flexibility index (Phi) is 2.20. The highest BCUT2D eigenvalue weighted by Gasteiger charge is 2.38. The van der Waals surface area contributed by atoms with E-state index in [2.05, 4.69) is 4.98 Å². The predicted molar refractivity (Wildman–Crippen MR) is 55.5 cm³/mol. The lowest BCUT2D eigenvalue weighted by atomic mass is 10.1. The van der Waals surface area contributed by atoms with Gasteiger partial charge < -0.3 is 14.8 Å². The number of anilines is 1. The maximum absolute atomic E-state index is 11.5. The Labute approximate surface area is 96.1 Å². The minimum Gasteiger partial charge on any atom is -0.530 e. The summed E-state index contributed by atoms with van der Waals surface area (Å²) in [4.78, 5) is 27.1. The predicted octanol–water partition coefficient (Wildman–Crippen LogP) is -0.161. The Hall–Kier alpha value is -1.56. The fraction of sp³-hybridized carbons (Fsp3) is 0.444. The molecule has 0 spiro atoms. The first-order valence-electron chi connectivity index (χ1n) is 4.61. The van der Waals surface area contributed by atoms with E-state index in [0.717, 1.165) is 4.90 Å². The zero-order valence-corrected chi connectivity index (χ0v) is 9.48. The molecule has 1 aromatic heterocycles. The van der Waals surface area contributed by atoms with Crippen molar-refractivity contribution in [2.75, 3.05) is 4.90 Å². The molecule has 0 aliphatic carbocycles. The molecule has 7 heteroatoms. The lowest BCUT2D eigenvalue weighted by Gasteiger charge is -2.32. The average Bonchev–Trinajstić information content (AvgIpc) is 2.35. The van der Waals surface area contributed by atoms with Gasteiger partial charge in [-0.1, -0.05) is 11.6 Å². The number of amides is 1. The van der Waals surface area contributed by atoms with E-state index in [0.29, 0.717) is 0 Å². The molecule has 0 unspecified atom stereocenters. The SMILES string of the molecule is CC1(C)Cn2c(cc(Cl)nc2=O)N1C(=O)[O-]. The molecule has 0 N–H and O–H groups in total. The third kappa shape index (κ3) is 1.46. The van der Waals surface area contributed by atoms with Gasteiger partial charge in [-0.2, -0.15) is 4.98 Å². The molecule has 0 atom stereocenters. The molecule has 1 aliphatic rings. The first-order valence-corrected chi connectivity index (χ1v) is 4.99. The van der Waals surface area contributed by atoms with Gasteiger partial charge in [0, 0.05) is 6.07 Å². The van der Waals surface area contributed by atoms with Crippen molar-refractivity contribution in [1.29, 1.82) is 0 Å². The Morgan fingerprint density at radius 2 is 2.25 bits per heavy atom. The number of aromatic nitrogens is 2. The second kappa shape index (κ2) is 3.21. The molecule has 0 aromatic carbocycles. The second-order valence-electron chi connectivity index (χ2n) is 4.22. The van der Waals surface area contributed by atoms with Crippen LogP contribution in [-0.4, -0.2) is 21.2 Å². The molecule has 0 radical (unpaired) electrons. The number of halogens is 1. The van der Waals surface area contributed by atoms with Crippen LogP contribution in [0.1, 0.15) is 13.8 Å². The molecular weight excluding hydrogens is 234 g/mol. The Bertz CT molecular complexity index is 523. The summed E-state index contributed by atoms with van der Waals surface area (Å²) < 4.78 is 1.27. The van der Waals surface area contributed by atoms with Gasteiger partial charge >= 0.3 is 5.69 Å². The molecule has 0 saturated heterocycles. The first-order chi connectivity index (χ1) is 7.33. The van der Waals surface area contributed by atoms with Crippen LogP contribution in [0.15, 0.2) is 10.9 Å². The van der Waals surface area contributed by atoms with Crippen molar-refractivity contribution >= 4 is 23.5 Å². The number of hydrogen-bond acceptors (Lipinski definition) is 4. The van der Waals surface area contributed by atoms with Crippen LogP contribution in [0.5, 0.6) is 0 Å². The van der Waals surface area contributed by atoms with Crippen LogP contribution in [0, 0.1) is 0 Å². The van der Waals surface area contributed by atoms with Crippen molar-refractivity contribution in [2.24, 2.45) is 0 Å². The van der Waals surface area contributed by atoms with Crippen LogP contribution in [0.3, 0.4) is 0 Å². The van der Waals surface area contributed by atoms with Gasteiger partial charge in [0.15, 0.2) is 0 Å². The van der Waals surface area contributed by atoms with E-state index in [1.807, 2.05) is 0 Å². The van der Waals surface area contributed by atoms with Crippen molar-refractivity contribution in [3.63, 3.8) is 0 Å². The molecule has 1 amide bonds. The minimum atomic E-state index is -1.36. The van der Waals surface area contributed by atoms with Gasteiger partial charge in [0.05, 0.1) is 12.1 Å². The first kappa shape index (κ1) is 10.9. The zero-order chi connectivity index (χ0) is 12.1. The standard InChI is InChI=1S/C9H10ClN3O3/c1-9(2)4-12-6(13(9)8(15)16)3-5(10)11-7(12)14/h3H,4H2,1-2H3,(H,15,16)/p-1. The van der Waals surface area contributed by atoms with E-state index in [1.165, 1.54) is 10.6 Å². The maximum atomic E-state index is 11.5. The van der Waals surface area contributed by atoms with E-state index < -0.39 is 17.3 Å². The summed E-state index contributed by atoms with van der Waals surface area (Å²) in [6.07, 6.45) is -1.36. The van der Waals surface area contributed by atoms with Crippen molar-refractivity contribution in [2.45, 2.75) is 25.9 Å². The fourth-order valence-electron chi connectivity index (χ4n) is 1.91. The molecule has 0 bridgehead atoms. The third-order valence-electron chi connectivity index (χ3n) is 2.52. The smallest absolute Gasteiger partial charge is 0.350 e. The van der Waals surface area contributed by atoms with Crippen molar-refractivity contribution in [1.82, 2.24) is 9.55 Å². The van der Waals surface area contributed by atoms with E-state index >= 15 is 0 Å². The topological polar surface area (TPSA) is 78.3 Å². The number of carbonyl (C=O) groups excluding carboxylic acids is 1. The largest absolute Gasteiger partial charge is 0.530 e. The van der Waals surface area contributed by atoms with Gasteiger partial charge in [-0.05, 0) is 13.8 Å². The summed E-state index contributed by atoms with van der Waals surface area (Å²) in [6, 6.07) is 1.34. The van der Waals surface area contributed by atoms with Gasteiger partial charge in [0.1, 0.15) is 17.1 Å². The highest BCUT2D eigenvalue weighted by Crippen LogP contribution is 2.32. The molecule has 16 heavy (non-hydrogen) atoms. The van der Waals surface area contributed by atoms with Crippen LogP contribution in [0.2, 0.25) is 5.15 Å². The fourth-order valence-corrected chi connectivity index (χ4v) is 2.08. The number of carbonyl (C=O) groups is 1. The van der Waals surface area contributed by atoms with E-state index in [-0.39, 0.29) is 17.5 Å². The van der Waals surface area contributed by atoms with Crippen LogP contribution in [0.25, 0.3) is 0 Å². The van der Waals surface area contributed by atoms with Crippen LogP contribution in [0.4, 0.5) is 10.6 Å². The van der Waals surface area contributed by atoms with Gasteiger partial charge in [-0.15, -0.1) is 0 Å². The van der Waals surface area contributed by atoms with Crippen LogP contribution >= 0.6 is 11.6 Å². The molecule has 6 nitrogen and oxygen atoms in total. The lowest BCUT2D eigenvalue weighted by molar-refractivity contribution is -0.247. The number of carboxylic acid groups (broad SMARTS) is 1. The molecule has 2 rings (SSSR count). The van der Waals surface area contributed by atoms with Crippen LogP contribution in [-0.2, 0) is 6.54 Å². The quantitative estimate of drug-likeness (QED) is 0.592. The number of hydrogen-bond donors (Lipinski definition) is 0. The van der Waals surface area contributed by atoms with Gasteiger partial charge in [-0.25, -0.2) is 4.79 Å². The van der Waals surface area contributed by atoms with E-state index in [4.69, 9.17) is 11.6 Å². The summed E-state index contributed by atoms with van der Waals surface area (Å²) in [7, 11) is 0. The van der Waals surface area contributed by atoms with Gasteiger partial charge in [-0.3, -0.25) is 4.57 Å². The molecule has 1 aliphatic heterocycles. The minimum absolute atomic E-state index is 0.0276. The average molecular weight is 243 g/mol. The normalized spacial score (nSPS) is 17.3. The number of fused-ring (bicyclic) bond motifs is 1. The molecule has 86 valence electrons. The molecule has 0 fully saturated rings. The van der Waals surface area contributed by atoms with Crippen molar-refractivity contribution in [3.05, 3.63) is 21.7 Å². The monoisotopic (exact) mass is 242 g/mol. The summed E-state index contributed by atoms with van der Waals surface area (Å²) in [5, 5.41) is 11.0. The number of rotatable bonds is 0. The van der Waals surface area contributed by atoms with Crippen molar-refractivity contribution < 1.29 is 9.90 Å². The zero-order valence-electron chi connectivity index (χ0n) is 8.73. The van der Waals surface area contributed by atoms with Crippen molar-refractivity contribution in [3.8, 4) is 0 Å². The molecule has 0 saturated carbocycles. The Balaban J connectivity index is 2.69. The molecule has 1 aromatic rings.